The highest BCUT2D eigenvalue weighted by Crippen LogP contribution is 2.31. The first kappa shape index (κ1) is 10.1. The van der Waals surface area contributed by atoms with Crippen LogP contribution >= 0.6 is 0 Å². The molecule has 0 atom stereocenters. The van der Waals surface area contributed by atoms with Crippen LogP contribution in [0.2, 0.25) is 0 Å². The van der Waals surface area contributed by atoms with E-state index in [9.17, 15) is 4.79 Å². The SMILES string of the molecule is Cc1cc(C2OC(C)O2)n(CC(=O)O)n1. The van der Waals surface area contributed by atoms with Gasteiger partial charge in [0.25, 0.3) is 0 Å². The lowest BCUT2D eigenvalue weighted by atomic mass is 10.3. The van der Waals surface area contributed by atoms with Crippen molar-refractivity contribution in [2.45, 2.75) is 33.0 Å². The Kier molecular flexibility index (Phi) is 2.45. The van der Waals surface area contributed by atoms with Crippen LogP contribution in [-0.2, 0) is 20.8 Å². The highest BCUT2D eigenvalue weighted by atomic mass is 16.9. The first-order chi connectivity index (χ1) is 7.06. The van der Waals surface area contributed by atoms with E-state index in [0.717, 1.165) is 5.69 Å². The molecule has 0 unspecified atom stereocenters. The molecular formula is C9H12N2O4. The van der Waals surface area contributed by atoms with Crippen molar-refractivity contribution in [1.82, 2.24) is 9.78 Å². The fraction of sp³-hybridized carbons (Fsp3) is 0.556. The predicted molar refractivity (Wildman–Crippen MR) is 49.0 cm³/mol. The number of aliphatic carboxylic acids is 1. The van der Waals surface area contributed by atoms with Crippen LogP contribution in [0.25, 0.3) is 0 Å². The highest BCUT2D eigenvalue weighted by molar-refractivity contribution is 5.66. The summed E-state index contributed by atoms with van der Waals surface area (Å²) in [6.07, 6.45) is -0.718. The van der Waals surface area contributed by atoms with E-state index in [1.807, 2.05) is 0 Å². The maximum Gasteiger partial charge on any atom is 0.325 e. The first-order valence-corrected chi connectivity index (χ1v) is 4.63. The summed E-state index contributed by atoms with van der Waals surface area (Å²) >= 11 is 0. The third kappa shape index (κ3) is 2.00. The number of nitrogens with zero attached hydrogens (tertiary/aromatic N) is 2. The van der Waals surface area contributed by atoms with Crippen molar-refractivity contribution < 1.29 is 19.4 Å². The zero-order chi connectivity index (χ0) is 11.0. The summed E-state index contributed by atoms with van der Waals surface area (Å²) in [6.45, 7) is 3.39. The molecule has 1 aliphatic rings. The maximum absolute atomic E-state index is 10.6. The van der Waals surface area contributed by atoms with Crippen LogP contribution in [0.4, 0.5) is 0 Å². The summed E-state index contributed by atoms with van der Waals surface area (Å²) in [4.78, 5) is 10.6. The van der Waals surface area contributed by atoms with E-state index in [-0.39, 0.29) is 12.8 Å². The highest BCUT2D eigenvalue weighted by Gasteiger charge is 2.31. The van der Waals surface area contributed by atoms with Crippen LogP contribution in [0.1, 0.15) is 24.6 Å². The summed E-state index contributed by atoms with van der Waals surface area (Å²) in [5.74, 6) is -0.938. The minimum absolute atomic E-state index is 0.180. The average molecular weight is 212 g/mol. The lowest BCUT2D eigenvalue weighted by molar-refractivity contribution is -0.384. The van der Waals surface area contributed by atoms with E-state index in [2.05, 4.69) is 5.10 Å². The zero-order valence-corrected chi connectivity index (χ0v) is 8.51. The van der Waals surface area contributed by atoms with Gasteiger partial charge < -0.3 is 14.6 Å². The number of carbonyl (C=O) groups is 1. The molecule has 2 heterocycles. The first-order valence-electron chi connectivity index (χ1n) is 4.63. The van der Waals surface area contributed by atoms with Crippen molar-refractivity contribution in [3.63, 3.8) is 0 Å². The van der Waals surface area contributed by atoms with Crippen LogP contribution < -0.4 is 0 Å². The van der Waals surface area contributed by atoms with Crippen LogP contribution in [0.3, 0.4) is 0 Å². The molecule has 15 heavy (non-hydrogen) atoms. The third-order valence-corrected chi connectivity index (χ3v) is 2.09. The molecule has 1 aromatic heterocycles. The molecule has 1 aromatic rings. The predicted octanol–water partition coefficient (Wildman–Crippen LogP) is 0.668. The van der Waals surface area contributed by atoms with Gasteiger partial charge in [-0.2, -0.15) is 5.10 Å². The van der Waals surface area contributed by atoms with Crippen molar-refractivity contribution >= 4 is 5.97 Å². The van der Waals surface area contributed by atoms with Crippen molar-refractivity contribution in [2.75, 3.05) is 0 Å². The molecule has 1 N–H and O–H groups in total. The molecule has 1 fully saturated rings. The molecule has 0 aliphatic carbocycles. The molecule has 0 spiro atoms. The van der Waals surface area contributed by atoms with E-state index >= 15 is 0 Å². The Hall–Kier alpha value is -1.40. The smallest absolute Gasteiger partial charge is 0.325 e. The van der Waals surface area contributed by atoms with Gasteiger partial charge in [0.15, 0.2) is 6.29 Å². The Balaban J connectivity index is 2.18. The van der Waals surface area contributed by atoms with Gasteiger partial charge in [-0.3, -0.25) is 9.48 Å². The minimum Gasteiger partial charge on any atom is -0.480 e. The summed E-state index contributed by atoms with van der Waals surface area (Å²) in [5, 5.41) is 12.7. The van der Waals surface area contributed by atoms with Gasteiger partial charge in [-0.05, 0) is 19.9 Å². The Morgan fingerprint density at radius 2 is 2.33 bits per heavy atom. The van der Waals surface area contributed by atoms with E-state index in [4.69, 9.17) is 14.6 Å². The van der Waals surface area contributed by atoms with Gasteiger partial charge in [-0.25, -0.2) is 0 Å². The van der Waals surface area contributed by atoms with Gasteiger partial charge in [0.2, 0.25) is 6.29 Å². The Labute approximate surface area is 86.4 Å². The lowest BCUT2D eigenvalue weighted by Crippen LogP contribution is -2.33. The van der Waals surface area contributed by atoms with Crippen molar-refractivity contribution in [3.05, 3.63) is 17.5 Å². The number of hydrogen-bond acceptors (Lipinski definition) is 4. The van der Waals surface area contributed by atoms with Gasteiger partial charge in [-0.15, -0.1) is 0 Å². The number of aromatic nitrogens is 2. The molecule has 0 aromatic carbocycles. The van der Waals surface area contributed by atoms with Gasteiger partial charge >= 0.3 is 5.97 Å². The van der Waals surface area contributed by atoms with Gasteiger partial charge in [-0.1, -0.05) is 0 Å². The minimum atomic E-state index is -0.938. The second-order valence-electron chi connectivity index (χ2n) is 3.43. The van der Waals surface area contributed by atoms with Crippen molar-refractivity contribution in [2.24, 2.45) is 0 Å². The van der Waals surface area contributed by atoms with Gasteiger partial charge in [0, 0.05) is 0 Å². The lowest BCUT2D eigenvalue weighted by Gasteiger charge is -2.33. The second-order valence-corrected chi connectivity index (χ2v) is 3.43. The maximum atomic E-state index is 10.6. The fourth-order valence-electron chi connectivity index (χ4n) is 1.51. The number of carboxylic acids is 1. The number of hydrogen-bond donors (Lipinski definition) is 1. The van der Waals surface area contributed by atoms with Crippen LogP contribution in [0.15, 0.2) is 6.07 Å². The summed E-state index contributed by atoms with van der Waals surface area (Å²) in [7, 11) is 0. The standard InChI is InChI=1S/C9H12N2O4/c1-5-3-7(9-14-6(2)15-9)11(10-5)4-8(12)13/h3,6,9H,4H2,1-2H3,(H,12,13). The second kappa shape index (κ2) is 3.63. The van der Waals surface area contributed by atoms with Crippen molar-refractivity contribution in [1.29, 1.82) is 0 Å². The number of ether oxygens (including phenoxy) is 2. The summed E-state index contributed by atoms with van der Waals surface area (Å²) in [6, 6.07) is 1.76. The van der Waals surface area contributed by atoms with E-state index in [1.165, 1.54) is 4.68 Å². The summed E-state index contributed by atoms with van der Waals surface area (Å²) in [5.41, 5.74) is 1.39. The largest absolute Gasteiger partial charge is 0.480 e. The van der Waals surface area contributed by atoms with Crippen LogP contribution in [-0.4, -0.2) is 27.1 Å². The topological polar surface area (TPSA) is 73.6 Å². The monoisotopic (exact) mass is 212 g/mol. The zero-order valence-electron chi connectivity index (χ0n) is 8.51. The average Bonchev–Trinajstić information content (AvgIpc) is 2.40. The molecular weight excluding hydrogens is 200 g/mol. The third-order valence-electron chi connectivity index (χ3n) is 2.09. The van der Waals surface area contributed by atoms with Crippen LogP contribution in [0.5, 0.6) is 0 Å². The Morgan fingerprint density at radius 3 is 2.87 bits per heavy atom. The summed E-state index contributed by atoms with van der Waals surface area (Å²) < 4.78 is 12.0. The quantitative estimate of drug-likeness (QED) is 0.797. The molecule has 0 bridgehead atoms. The van der Waals surface area contributed by atoms with Crippen LogP contribution in [0, 0.1) is 6.92 Å². The molecule has 6 heteroatoms. The van der Waals surface area contributed by atoms with E-state index < -0.39 is 12.3 Å². The molecule has 2 rings (SSSR count). The molecule has 0 radical (unpaired) electrons. The fourth-order valence-corrected chi connectivity index (χ4v) is 1.51. The number of carboxylic acid groups (broad SMARTS) is 1. The normalized spacial score (nSPS) is 24.9. The number of aryl methyl sites for hydroxylation is 1. The molecule has 0 saturated carbocycles. The molecule has 1 saturated heterocycles. The van der Waals surface area contributed by atoms with Crippen molar-refractivity contribution in [3.8, 4) is 0 Å². The van der Waals surface area contributed by atoms with Gasteiger partial charge in [0.05, 0.1) is 11.4 Å². The van der Waals surface area contributed by atoms with E-state index in [1.54, 1.807) is 19.9 Å². The number of rotatable bonds is 3. The Bertz CT molecular complexity index is 381. The molecule has 82 valence electrons. The molecule has 1 aliphatic heterocycles. The Morgan fingerprint density at radius 1 is 1.67 bits per heavy atom. The molecule has 0 amide bonds. The molecule has 6 nitrogen and oxygen atoms in total. The van der Waals surface area contributed by atoms with Gasteiger partial charge in [0.1, 0.15) is 6.54 Å². The van der Waals surface area contributed by atoms with E-state index in [0.29, 0.717) is 5.69 Å².